The van der Waals surface area contributed by atoms with Crippen LogP contribution in [-0.4, -0.2) is 25.9 Å². The number of aromatic nitrogens is 1. The van der Waals surface area contributed by atoms with Gasteiger partial charge in [0.05, 0.1) is 10.6 Å². The Morgan fingerprint density at radius 1 is 1.00 bits per heavy atom. The highest BCUT2D eigenvalue weighted by atomic mass is 32.2. The Kier molecular flexibility index (Phi) is 7.85. The predicted molar refractivity (Wildman–Crippen MR) is 113 cm³/mol. The zero-order chi connectivity index (χ0) is 23.0. The summed E-state index contributed by atoms with van der Waals surface area (Å²) in [5.74, 6) is -2.11. The van der Waals surface area contributed by atoms with Crippen molar-refractivity contribution in [3.8, 4) is 5.75 Å². The normalized spacial score (nSPS) is 11.2. The maximum absolute atomic E-state index is 13.2. The van der Waals surface area contributed by atoms with Crippen molar-refractivity contribution in [1.82, 2.24) is 15.0 Å². The van der Waals surface area contributed by atoms with Gasteiger partial charge >= 0.3 is 0 Å². The number of nitrogens with one attached hydrogen (secondary N) is 2. The van der Waals surface area contributed by atoms with Gasteiger partial charge < -0.3 is 10.1 Å². The molecule has 1 amide bonds. The Balaban J connectivity index is 1.40. The number of carbonyl (C=O) groups is 1. The van der Waals surface area contributed by atoms with Crippen molar-refractivity contribution in [3.05, 3.63) is 89.8 Å². The maximum Gasteiger partial charge on any atom is 0.240 e. The second-order valence-electron chi connectivity index (χ2n) is 6.75. The highest BCUT2D eigenvalue weighted by Gasteiger charge is 2.16. The van der Waals surface area contributed by atoms with E-state index in [1.54, 1.807) is 30.5 Å². The van der Waals surface area contributed by atoms with Crippen LogP contribution < -0.4 is 14.8 Å². The van der Waals surface area contributed by atoms with E-state index in [-0.39, 0.29) is 25.4 Å². The molecule has 3 aromatic rings. The molecule has 3 rings (SSSR count). The van der Waals surface area contributed by atoms with E-state index in [1.807, 2.05) is 18.2 Å². The van der Waals surface area contributed by atoms with Gasteiger partial charge in [0.15, 0.2) is 11.6 Å². The largest absolute Gasteiger partial charge is 0.487 e. The smallest absolute Gasteiger partial charge is 0.240 e. The lowest BCUT2D eigenvalue weighted by Crippen LogP contribution is -2.30. The first-order valence-corrected chi connectivity index (χ1v) is 11.1. The minimum Gasteiger partial charge on any atom is -0.487 e. The Hall–Kier alpha value is -3.37. The number of carbonyl (C=O) groups excluding carboxylic acids is 1. The van der Waals surface area contributed by atoms with Crippen LogP contribution in [0.15, 0.2) is 71.8 Å². The number of sulfonamides is 1. The third-order valence-corrected chi connectivity index (χ3v) is 5.83. The molecule has 2 aromatic carbocycles. The first-order valence-electron chi connectivity index (χ1n) is 9.66. The van der Waals surface area contributed by atoms with E-state index in [0.29, 0.717) is 18.4 Å². The zero-order valence-electron chi connectivity index (χ0n) is 16.9. The highest BCUT2D eigenvalue weighted by molar-refractivity contribution is 7.89. The van der Waals surface area contributed by atoms with Crippen LogP contribution in [-0.2, 0) is 28.0 Å². The molecule has 0 unspecified atom stereocenters. The first-order chi connectivity index (χ1) is 15.3. The van der Waals surface area contributed by atoms with Crippen molar-refractivity contribution < 1.29 is 26.7 Å². The van der Waals surface area contributed by atoms with Gasteiger partial charge in [-0.25, -0.2) is 21.9 Å². The summed E-state index contributed by atoms with van der Waals surface area (Å²) >= 11 is 0. The van der Waals surface area contributed by atoms with E-state index in [0.717, 1.165) is 23.4 Å². The summed E-state index contributed by atoms with van der Waals surface area (Å²) in [6.07, 6.45) is 1.58. The topological polar surface area (TPSA) is 97.4 Å². The van der Waals surface area contributed by atoms with Crippen LogP contribution in [0, 0.1) is 11.6 Å². The fourth-order valence-electron chi connectivity index (χ4n) is 2.66. The number of ether oxygens (including phenoxy) is 1. The number of amides is 1. The SMILES string of the molecule is O=C(CCNS(=O)(=O)c1ccc(F)c(F)c1)NCc1ccc(OCc2ccccn2)cc1. The van der Waals surface area contributed by atoms with Crippen molar-refractivity contribution in [3.63, 3.8) is 0 Å². The van der Waals surface area contributed by atoms with Gasteiger partial charge in [0.25, 0.3) is 0 Å². The summed E-state index contributed by atoms with van der Waals surface area (Å²) in [5.41, 5.74) is 1.65. The minimum atomic E-state index is -4.05. The first kappa shape index (κ1) is 23.3. The second kappa shape index (κ2) is 10.8. The van der Waals surface area contributed by atoms with Crippen LogP contribution in [0.25, 0.3) is 0 Å². The molecule has 0 spiro atoms. The van der Waals surface area contributed by atoms with Gasteiger partial charge in [-0.1, -0.05) is 18.2 Å². The molecule has 0 aliphatic carbocycles. The van der Waals surface area contributed by atoms with E-state index in [4.69, 9.17) is 4.74 Å². The van der Waals surface area contributed by atoms with E-state index in [2.05, 4.69) is 15.0 Å². The van der Waals surface area contributed by atoms with Crippen LogP contribution in [0.3, 0.4) is 0 Å². The molecular weight excluding hydrogens is 440 g/mol. The lowest BCUT2D eigenvalue weighted by Gasteiger charge is -2.09. The van der Waals surface area contributed by atoms with Gasteiger partial charge in [-0.05, 0) is 48.0 Å². The van der Waals surface area contributed by atoms with Crippen molar-refractivity contribution in [1.29, 1.82) is 0 Å². The number of hydrogen-bond donors (Lipinski definition) is 2. The molecule has 7 nitrogen and oxygen atoms in total. The Labute approximate surface area is 184 Å². The molecule has 1 heterocycles. The summed E-state index contributed by atoms with van der Waals surface area (Å²) in [5, 5.41) is 2.68. The average molecular weight is 461 g/mol. The Bertz CT molecular complexity index is 1160. The molecule has 0 radical (unpaired) electrons. The van der Waals surface area contributed by atoms with Gasteiger partial charge in [0.2, 0.25) is 15.9 Å². The van der Waals surface area contributed by atoms with E-state index >= 15 is 0 Å². The lowest BCUT2D eigenvalue weighted by atomic mass is 10.2. The van der Waals surface area contributed by atoms with Gasteiger partial charge in [0, 0.05) is 25.7 Å². The lowest BCUT2D eigenvalue weighted by molar-refractivity contribution is -0.121. The monoisotopic (exact) mass is 461 g/mol. The Morgan fingerprint density at radius 2 is 1.78 bits per heavy atom. The van der Waals surface area contributed by atoms with Crippen molar-refractivity contribution in [2.75, 3.05) is 6.54 Å². The molecule has 32 heavy (non-hydrogen) atoms. The second-order valence-corrected chi connectivity index (χ2v) is 8.52. The van der Waals surface area contributed by atoms with Gasteiger partial charge in [0.1, 0.15) is 12.4 Å². The molecule has 0 aliphatic heterocycles. The van der Waals surface area contributed by atoms with Crippen LogP contribution in [0.4, 0.5) is 8.78 Å². The zero-order valence-corrected chi connectivity index (χ0v) is 17.7. The summed E-state index contributed by atoms with van der Waals surface area (Å²) in [4.78, 5) is 15.7. The molecule has 2 N–H and O–H groups in total. The van der Waals surface area contributed by atoms with Crippen LogP contribution in [0.2, 0.25) is 0 Å². The summed E-state index contributed by atoms with van der Waals surface area (Å²) in [6, 6.07) is 15.0. The summed E-state index contributed by atoms with van der Waals surface area (Å²) < 4.78 is 58.2. The Morgan fingerprint density at radius 3 is 2.47 bits per heavy atom. The maximum atomic E-state index is 13.2. The third kappa shape index (κ3) is 6.82. The third-order valence-electron chi connectivity index (χ3n) is 4.37. The number of hydrogen-bond acceptors (Lipinski definition) is 5. The fourth-order valence-corrected chi connectivity index (χ4v) is 3.70. The molecule has 0 bridgehead atoms. The molecular formula is C22H21F2N3O4S. The van der Waals surface area contributed by atoms with Crippen LogP contribution in [0.1, 0.15) is 17.7 Å². The van der Waals surface area contributed by atoms with Crippen LogP contribution >= 0.6 is 0 Å². The highest BCUT2D eigenvalue weighted by Crippen LogP contribution is 2.15. The molecule has 0 aliphatic rings. The number of halogens is 2. The molecule has 168 valence electrons. The number of nitrogens with zero attached hydrogens (tertiary/aromatic N) is 1. The molecule has 0 atom stereocenters. The molecule has 1 aromatic heterocycles. The van der Waals surface area contributed by atoms with Gasteiger partial charge in [-0.3, -0.25) is 9.78 Å². The number of benzene rings is 2. The molecule has 10 heteroatoms. The van der Waals surface area contributed by atoms with Crippen molar-refractivity contribution in [2.24, 2.45) is 0 Å². The van der Waals surface area contributed by atoms with Crippen molar-refractivity contribution >= 4 is 15.9 Å². The molecule has 0 fully saturated rings. The standard InChI is InChI=1S/C22H21F2N3O4S/c23-20-9-8-19(13-21(20)24)32(29,30)27-12-10-22(28)26-14-16-4-6-18(7-5-16)31-15-17-3-1-2-11-25-17/h1-9,11,13,27H,10,12,14-15H2,(H,26,28). The minimum absolute atomic E-state index is 0.117. The van der Waals surface area contributed by atoms with E-state index in [1.165, 1.54) is 0 Å². The van der Waals surface area contributed by atoms with Gasteiger partial charge in [-0.2, -0.15) is 0 Å². The molecule has 0 saturated heterocycles. The molecule has 0 saturated carbocycles. The van der Waals surface area contributed by atoms with E-state index < -0.39 is 26.6 Å². The summed E-state index contributed by atoms with van der Waals surface area (Å²) in [6.45, 7) is 0.417. The van der Waals surface area contributed by atoms with Gasteiger partial charge in [-0.15, -0.1) is 0 Å². The number of pyridine rings is 1. The van der Waals surface area contributed by atoms with Crippen LogP contribution in [0.5, 0.6) is 5.75 Å². The predicted octanol–water partition coefficient (Wildman–Crippen LogP) is 2.92. The average Bonchev–Trinajstić information content (AvgIpc) is 2.79. The quantitative estimate of drug-likeness (QED) is 0.484. The van der Waals surface area contributed by atoms with E-state index in [9.17, 15) is 22.0 Å². The number of rotatable bonds is 10. The fraction of sp³-hybridized carbons (Fsp3) is 0.182. The van der Waals surface area contributed by atoms with Crippen molar-refractivity contribution in [2.45, 2.75) is 24.5 Å². The summed E-state index contributed by atoms with van der Waals surface area (Å²) in [7, 11) is -4.05.